The zero-order valence-electron chi connectivity index (χ0n) is 9.69. The van der Waals surface area contributed by atoms with Gasteiger partial charge in [0, 0.05) is 18.2 Å². The molecular weight excluding hydrogens is 224 g/mol. The highest BCUT2D eigenvalue weighted by atomic mass is 35.5. The van der Waals surface area contributed by atoms with Crippen molar-refractivity contribution in [1.82, 2.24) is 0 Å². The molecule has 0 fully saturated rings. The number of halogens is 1. The van der Waals surface area contributed by atoms with Gasteiger partial charge in [0.1, 0.15) is 0 Å². The molecule has 16 heavy (non-hydrogen) atoms. The topological polar surface area (TPSA) is 55.1 Å². The summed E-state index contributed by atoms with van der Waals surface area (Å²) < 4.78 is 0. The SMILES string of the molecule is CCc1cccc(NC(=O)CC(C)N)c1.Cl. The molecule has 0 spiro atoms. The Hall–Kier alpha value is -1.06. The molecule has 3 nitrogen and oxygen atoms in total. The number of nitrogens with one attached hydrogen (secondary N) is 1. The number of carbonyl (C=O) groups excluding carboxylic acids is 1. The van der Waals surface area contributed by atoms with Gasteiger partial charge < -0.3 is 11.1 Å². The van der Waals surface area contributed by atoms with E-state index in [9.17, 15) is 4.79 Å². The van der Waals surface area contributed by atoms with Crippen LogP contribution < -0.4 is 11.1 Å². The number of hydrogen-bond acceptors (Lipinski definition) is 2. The van der Waals surface area contributed by atoms with Gasteiger partial charge in [0.15, 0.2) is 0 Å². The summed E-state index contributed by atoms with van der Waals surface area (Å²) in [7, 11) is 0. The number of amides is 1. The van der Waals surface area contributed by atoms with Crippen LogP contribution >= 0.6 is 12.4 Å². The number of benzene rings is 1. The summed E-state index contributed by atoms with van der Waals surface area (Å²) in [5.41, 5.74) is 7.61. The van der Waals surface area contributed by atoms with Crippen molar-refractivity contribution in [3.05, 3.63) is 29.8 Å². The molecule has 1 aromatic rings. The molecule has 1 rings (SSSR count). The van der Waals surface area contributed by atoms with Crippen molar-refractivity contribution in [2.75, 3.05) is 5.32 Å². The van der Waals surface area contributed by atoms with E-state index in [4.69, 9.17) is 5.73 Å². The smallest absolute Gasteiger partial charge is 0.225 e. The van der Waals surface area contributed by atoms with Crippen LogP contribution in [0.4, 0.5) is 5.69 Å². The lowest BCUT2D eigenvalue weighted by Gasteiger charge is -2.08. The average molecular weight is 243 g/mol. The van der Waals surface area contributed by atoms with Gasteiger partial charge in [-0.25, -0.2) is 0 Å². The van der Waals surface area contributed by atoms with E-state index in [2.05, 4.69) is 12.2 Å². The van der Waals surface area contributed by atoms with Crippen LogP contribution in [-0.4, -0.2) is 11.9 Å². The standard InChI is InChI=1S/C12H18N2O.ClH/c1-3-10-5-4-6-11(8-10)14-12(15)7-9(2)13;/h4-6,8-9H,3,7,13H2,1-2H3,(H,14,15);1H. The van der Waals surface area contributed by atoms with Crippen LogP contribution in [0.25, 0.3) is 0 Å². The predicted octanol–water partition coefficient (Wildman–Crippen LogP) is 2.35. The Kier molecular flexibility index (Phi) is 6.77. The number of carbonyl (C=O) groups is 1. The first-order valence-corrected chi connectivity index (χ1v) is 5.26. The van der Waals surface area contributed by atoms with Crippen molar-refractivity contribution < 1.29 is 4.79 Å². The zero-order chi connectivity index (χ0) is 11.3. The van der Waals surface area contributed by atoms with Crippen LogP contribution in [0.3, 0.4) is 0 Å². The first-order valence-electron chi connectivity index (χ1n) is 5.26. The molecule has 0 saturated carbocycles. The van der Waals surface area contributed by atoms with Crippen LogP contribution in [-0.2, 0) is 11.2 Å². The van der Waals surface area contributed by atoms with Crippen molar-refractivity contribution in [2.45, 2.75) is 32.7 Å². The summed E-state index contributed by atoms with van der Waals surface area (Å²) in [5, 5.41) is 2.83. The number of anilines is 1. The fraction of sp³-hybridized carbons (Fsp3) is 0.417. The highest BCUT2D eigenvalue weighted by molar-refractivity contribution is 5.91. The maximum atomic E-state index is 11.4. The molecule has 0 radical (unpaired) electrons. The van der Waals surface area contributed by atoms with Crippen molar-refractivity contribution in [3.63, 3.8) is 0 Å². The van der Waals surface area contributed by atoms with Gasteiger partial charge in [-0.1, -0.05) is 19.1 Å². The third-order valence-corrected chi connectivity index (χ3v) is 2.13. The molecule has 1 amide bonds. The van der Waals surface area contributed by atoms with Crippen molar-refractivity contribution in [2.24, 2.45) is 5.73 Å². The lowest BCUT2D eigenvalue weighted by atomic mass is 10.1. The molecule has 3 N–H and O–H groups in total. The van der Waals surface area contributed by atoms with E-state index < -0.39 is 0 Å². The van der Waals surface area contributed by atoms with Gasteiger partial charge in [0.25, 0.3) is 0 Å². The molecule has 1 aromatic carbocycles. The second kappa shape index (κ2) is 7.25. The van der Waals surface area contributed by atoms with E-state index in [0.717, 1.165) is 12.1 Å². The van der Waals surface area contributed by atoms with E-state index in [-0.39, 0.29) is 24.4 Å². The van der Waals surface area contributed by atoms with E-state index >= 15 is 0 Å². The lowest BCUT2D eigenvalue weighted by Crippen LogP contribution is -2.23. The van der Waals surface area contributed by atoms with E-state index in [1.807, 2.05) is 31.2 Å². The summed E-state index contributed by atoms with van der Waals surface area (Å²) >= 11 is 0. The molecule has 0 aromatic heterocycles. The fourth-order valence-electron chi connectivity index (χ4n) is 1.37. The first-order chi connectivity index (χ1) is 7.11. The van der Waals surface area contributed by atoms with Crippen molar-refractivity contribution >= 4 is 24.0 Å². The van der Waals surface area contributed by atoms with Crippen LogP contribution in [0.5, 0.6) is 0 Å². The molecular formula is C12H19ClN2O. The van der Waals surface area contributed by atoms with Crippen molar-refractivity contribution in [3.8, 4) is 0 Å². The second-order valence-electron chi connectivity index (χ2n) is 3.78. The Balaban J connectivity index is 0.00000225. The Bertz CT molecular complexity index is 340. The quantitative estimate of drug-likeness (QED) is 0.852. The summed E-state index contributed by atoms with van der Waals surface area (Å²) in [6.07, 6.45) is 1.33. The third kappa shape index (κ3) is 5.14. The normalized spacial score (nSPS) is 11.4. The molecule has 0 saturated heterocycles. The van der Waals surface area contributed by atoms with Gasteiger partial charge in [-0.2, -0.15) is 0 Å². The molecule has 90 valence electrons. The predicted molar refractivity (Wildman–Crippen MR) is 70.0 cm³/mol. The minimum Gasteiger partial charge on any atom is -0.327 e. The Labute approximate surface area is 103 Å². The molecule has 4 heteroatoms. The molecule has 0 aliphatic rings. The van der Waals surface area contributed by atoms with Crippen LogP contribution in [0.15, 0.2) is 24.3 Å². The number of rotatable bonds is 4. The third-order valence-electron chi connectivity index (χ3n) is 2.13. The highest BCUT2D eigenvalue weighted by Gasteiger charge is 2.05. The Morgan fingerprint density at radius 1 is 1.50 bits per heavy atom. The summed E-state index contributed by atoms with van der Waals surface area (Å²) in [4.78, 5) is 11.4. The van der Waals surface area contributed by atoms with Gasteiger partial charge in [0.2, 0.25) is 5.91 Å². The molecule has 0 heterocycles. The Morgan fingerprint density at radius 2 is 2.19 bits per heavy atom. The largest absolute Gasteiger partial charge is 0.327 e. The highest BCUT2D eigenvalue weighted by Crippen LogP contribution is 2.11. The Morgan fingerprint density at radius 3 is 2.75 bits per heavy atom. The van der Waals surface area contributed by atoms with E-state index in [1.165, 1.54) is 5.56 Å². The molecule has 0 aliphatic heterocycles. The van der Waals surface area contributed by atoms with Crippen LogP contribution in [0, 0.1) is 0 Å². The second-order valence-corrected chi connectivity index (χ2v) is 3.78. The number of nitrogens with two attached hydrogens (primary N) is 1. The van der Waals surface area contributed by atoms with Gasteiger partial charge >= 0.3 is 0 Å². The summed E-state index contributed by atoms with van der Waals surface area (Å²) in [6, 6.07) is 7.76. The number of hydrogen-bond donors (Lipinski definition) is 2. The van der Waals surface area contributed by atoms with Crippen LogP contribution in [0.2, 0.25) is 0 Å². The molecule has 1 unspecified atom stereocenters. The van der Waals surface area contributed by atoms with E-state index in [1.54, 1.807) is 0 Å². The first kappa shape index (κ1) is 14.9. The maximum Gasteiger partial charge on any atom is 0.225 e. The van der Waals surface area contributed by atoms with E-state index in [0.29, 0.717) is 6.42 Å². The van der Waals surface area contributed by atoms with Gasteiger partial charge in [-0.05, 0) is 31.0 Å². The lowest BCUT2D eigenvalue weighted by molar-refractivity contribution is -0.116. The minimum absolute atomic E-state index is 0. The maximum absolute atomic E-state index is 11.4. The average Bonchev–Trinajstić information content (AvgIpc) is 2.16. The summed E-state index contributed by atoms with van der Waals surface area (Å²) in [6.45, 7) is 3.91. The van der Waals surface area contributed by atoms with Gasteiger partial charge in [-0.15, -0.1) is 12.4 Å². The fourth-order valence-corrected chi connectivity index (χ4v) is 1.37. The minimum atomic E-state index is -0.0978. The van der Waals surface area contributed by atoms with Gasteiger partial charge in [-0.3, -0.25) is 4.79 Å². The van der Waals surface area contributed by atoms with Gasteiger partial charge in [0.05, 0.1) is 0 Å². The van der Waals surface area contributed by atoms with Crippen LogP contribution in [0.1, 0.15) is 25.8 Å². The molecule has 1 atom stereocenters. The zero-order valence-corrected chi connectivity index (χ0v) is 10.5. The summed E-state index contributed by atoms with van der Waals surface area (Å²) in [5.74, 6) is -0.0294. The molecule has 0 bridgehead atoms. The number of aryl methyl sites for hydroxylation is 1. The molecule has 0 aliphatic carbocycles. The monoisotopic (exact) mass is 242 g/mol. The van der Waals surface area contributed by atoms with Crippen molar-refractivity contribution in [1.29, 1.82) is 0 Å².